The first kappa shape index (κ1) is 17.0. The number of H-pyrrole nitrogens is 1. The van der Waals surface area contributed by atoms with Crippen LogP contribution in [-0.4, -0.2) is 21.1 Å². The van der Waals surface area contributed by atoms with Crippen molar-refractivity contribution in [1.29, 1.82) is 0 Å². The van der Waals surface area contributed by atoms with Crippen LogP contribution in [0, 0.1) is 0 Å². The molecule has 3 aromatic rings. The lowest BCUT2D eigenvalue weighted by Gasteiger charge is -2.14. The number of nitrogen functional groups attached to an aromatic ring is 1. The van der Waals surface area contributed by atoms with Crippen molar-refractivity contribution in [3.8, 4) is 0 Å². The van der Waals surface area contributed by atoms with Crippen molar-refractivity contribution >= 4 is 39.9 Å². The second-order valence-electron chi connectivity index (χ2n) is 5.54. The number of benzene rings is 2. The molecule has 128 valence electrons. The molecule has 7 heteroatoms. The molecule has 0 saturated heterocycles. The van der Waals surface area contributed by atoms with Gasteiger partial charge in [0.05, 0.1) is 5.25 Å². The minimum atomic E-state index is -0.392. The van der Waals surface area contributed by atoms with Gasteiger partial charge in [0.25, 0.3) is 5.56 Å². The minimum absolute atomic E-state index is 0.135. The van der Waals surface area contributed by atoms with Crippen LogP contribution in [0.2, 0.25) is 0 Å². The van der Waals surface area contributed by atoms with E-state index in [0.717, 1.165) is 16.5 Å². The molecule has 0 bridgehead atoms. The number of hydrogen-bond acceptors (Lipinski definition) is 5. The Labute approximate surface area is 148 Å². The van der Waals surface area contributed by atoms with E-state index in [2.05, 4.69) is 15.3 Å². The number of fused-ring (bicyclic) bond motifs is 1. The van der Waals surface area contributed by atoms with Gasteiger partial charge < -0.3 is 16.0 Å². The molecular weight excluding hydrogens is 336 g/mol. The van der Waals surface area contributed by atoms with Gasteiger partial charge in [-0.15, -0.1) is 0 Å². The fourth-order valence-corrected chi connectivity index (χ4v) is 3.38. The van der Waals surface area contributed by atoms with Crippen molar-refractivity contribution in [3.05, 3.63) is 58.9 Å². The smallest absolute Gasteiger partial charge is 0.253 e. The molecule has 1 amide bonds. The molecule has 1 aromatic heterocycles. The zero-order valence-electron chi connectivity index (χ0n) is 13.7. The lowest BCUT2D eigenvalue weighted by molar-refractivity contribution is -0.115. The molecule has 1 heterocycles. The summed E-state index contributed by atoms with van der Waals surface area (Å²) in [5.41, 5.74) is 5.98. The molecule has 0 aliphatic rings. The number of rotatable bonds is 5. The average molecular weight is 354 g/mol. The third kappa shape index (κ3) is 4.19. The van der Waals surface area contributed by atoms with E-state index in [4.69, 9.17) is 5.73 Å². The number of nitrogens with one attached hydrogen (secondary N) is 2. The van der Waals surface area contributed by atoms with Gasteiger partial charge in [0.15, 0.2) is 5.16 Å². The van der Waals surface area contributed by atoms with Crippen molar-refractivity contribution in [1.82, 2.24) is 9.97 Å². The summed E-state index contributed by atoms with van der Waals surface area (Å²) in [6, 6.07) is 14.9. The van der Waals surface area contributed by atoms with Gasteiger partial charge >= 0.3 is 0 Å². The van der Waals surface area contributed by atoms with Crippen LogP contribution in [0.5, 0.6) is 0 Å². The molecule has 25 heavy (non-hydrogen) atoms. The van der Waals surface area contributed by atoms with Crippen LogP contribution < -0.4 is 16.6 Å². The summed E-state index contributed by atoms with van der Waals surface area (Å²) in [6.45, 7) is 1.90. The van der Waals surface area contributed by atoms with Crippen LogP contribution in [-0.2, 0) is 4.79 Å². The van der Waals surface area contributed by atoms with Gasteiger partial charge in [-0.25, -0.2) is 4.98 Å². The van der Waals surface area contributed by atoms with E-state index in [1.807, 2.05) is 49.4 Å². The molecule has 0 fully saturated rings. The third-order valence-corrected chi connectivity index (χ3v) is 4.92. The largest absolute Gasteiger partial charge is 0.383 e. The van der Waals surface area contributed by atoms with E-state index in [9.17, 15) is 9.59 Å². The topological polar surface area (TPSA) is 101 Å². The van der Waals surface area contributed by atoms with Crippen LogP contribution in [0.3, 0.4) is 0 Å². The average Bonchev–Trinajstić information content (AvgIpc) is 2.58. The van der Waals surface area contributed by atoms with E-state index in [-0.39, 0.29) is 17.3 Å². The first-order valence-electron chi connectivity index (χ1n) is 7.88. The predicted molar refractivity (Wildman–Crippen MR) is 102 cm³/mol. The number of thioether (sulfide) groups is 1. The Hall–Kier alpha value is -2.80. The van der Waals surface area contributed by atoms with Crippen molar-refractivity contribution in [3.63, 3.8) is 0 Å². The number of hydrogen-bond donors (Lipinski definition) is 3. The van der Waals surface area contributed by atoms with E-state index in [0.29, 0.717) is 11.6 Å². The summed E-state index contributed by atoms with van der Waals surface area (Å²) in [5.74, 6) is -0.0103. The monoisotopic (exact) mass is 354 g/mol. The van der Waals surface area contributed by atoms with Crippen LogP contribution in [0.4, 0.5) is 11.5 Å². The SMILES string of the molecule is CCC(Sc1nc(N)cc(=O)[nH]1)C(=O)Nc1ccc2ccccc2c1. The predicted octanol–water partition coefficient (Wildman–Crippen LogP) is 3.01. The first-order chi connectivity index (χ1) is 12.0. The second-order valence-corrected chi connectivity index (χ2v) is 6.73. The van der Waals surface area contributed by atoms with Crippen LogP contribution in [0.15, 0.2) is 58.5 Å². The zero-order valence-corrected chi connectivity index (χ0v) is 14.5. The minimum Gasteiger partial charge on any atom is -0.383 e. The maximum absolute atomic E-state index is 12.6. The fourth-order valence-electron chi connectivity index (χ4n) is 2.46. The Morgan fingerprint density at radius 2 is 2.00 bits per heavy atom. The summed E-state index contributed by atoms with van der Waals surface area (Å²) < 4.78 is 0. The Balaban J connectivity index is 1.75. The molecule has 2 aromatic carbocycles. The molecule has 3 rings (SSSR count). The van der Waals surface area contributed by atoms with E-state index in [1.54, 1.807) is 0 Å². The summed E-state index contributed by atoms with van der Waals surface area (Å²) >= 11 is 1.19. The number of nitrogens with two attached hydrogens (primary N) is 1. The number of aromatic amines is 1. The quantitative estimate of drug-likeness (QED) is 0.483. The molecule has 6 nitrogen and oxygen atoms in total. The van der Waals surface area contributed by atoms with Crippen molar-refractivity contribution in [2.75, 3.05) is 11.1 Å². The summed E-state index contributed by atoms with van der Waals surface area (Å²) in [4.78, 5) is 30.7. The van der Waals surface area contributed by atoms with Gasteiger partial charge in [-0.05, 0) is 29.3 Å². The van der Waals surface area contributed by atoms with Gasteiger partial charge in [-0.1, -0.05) is 49.0 Å². The van der Waals surface area contributed by atoms with E-state index >= 15 is 0 Å². The highest BCUT2D eigenvalue weighted by atomic mass is 32.2. The Morgan fingerprint density at radius 3 is 2.72 bits per heavy atom. The van der Waals surface area contributed by atoms with Gasteiger partial charge in [0, 0.05) is 11.8 Å². The van der Waals surface area contributed by atoms with Crippen LogP contribution in [0.1, 0.15) is 13.3 Å². The Kier molecular flexibility index (Phi) is 5.04. The third-order valence-electron chi connectivity index (χ3n) is 3.67. The summed E-state index contributed by atoms with van der Waals surface area (Å²) in [7, 11) is 0. The lowest BCUT2D eigenvalue weighted by Crippen LogP contribution is -2.25. The number of carbonyl (C=O) groups is 1. The highest BCUT2D eigenvalue weighted by Gasteiger charge is 2.19. The van der Waals surface area contributed by atoms with Crippen molar-refractivity contribution in [2.45, 2.75) is 23.8 Å². The first-order valence-corrected chi connectivity index (χ1v) is 8.76. The highest BCUT2D eigenvalue weighted by Crippen LogP contribution is 2.24. The van der Waals surface area contributed by atoms with Gasteiger partial charge in [0.1, 0.15) is 5.82 Å². The summed E-state index contributed by atoms with van der Waals surface area (Å²) in [5, 5.41) is 5.04. The standard InChI is InChI=1S/C18H18N4O2S/c1-2-14(25-18-21-15(19)10-16(23)22-18)17(24)20-13-8-7-11-5-3-4-6-12(11)9-13/h3-10,14H,2H2,1H3,(H,20,24)(H3,19,21,22,23). The molecule has 4 N–H and O–H groups in total. The molecule has 0 radical (unpaired) electrons. The Morgan fingerprint density at radius 1 is 1.24 bits per heavy atom. The maximum atomic E-state index is 12.6. The molecule has 0 saturated carbocycles. The van der Waals surface area contributed by atoms with Crippen molar-refractivity contribution < 1.29 is 4.79 Å². The number of aromatic nitrogens is 2. The van der Waals surface area contributed by atoms with E-state index < -0.39 is 5.25 Å². The fraction of sp³-hybridized carbons (Fsp3) is 0.167. The van der Waals surface area contributed by atoms with E-state index in [1.165, 1.54) is 17.8 Å². The number of carbonyl (C=O) groups excluding carboxylic acids is 1. The number of amides is 1. The highest BCUT2D eigenvalue weighted by molar-refractivity contribution is 8.00. The molecular formula is C18H18N4O2S. The van der Waals surface area contributed by atoms with Crippen LogP contribution in [0.25, 0.3) is 10.8 Å². The molecule has 0 spiro atoms. The van der Waals surface area contributed by atoms with Gasteiger partial charge in [0.2, 0.25) is 5.91 Å². The molecule has 1 unspecified atom stereocenters. The molecule has 0 aliphatic heterocycles. The Bertz CT molecular complexity index is 970. The zero-order chi connectivity index (χ0) is 17.8. The molecule has 0 aliphatic carbocycles. The number of anilines is 2. The lowest BCUT2D eigenvalue weighted by atomic mass is 10.1. The van der Waals surface area contributed by atoms with Crippen molar-refractivity contribution in [2.24, 2.45) is 0 Å². The summed E-state index contributed by atoms with van der Waals surface area (Å²) in [6.07, 6.45) is 0.586. The van der Waals surface area contributed by atoms with Gasteiger partial charge in [-0.3, -0.25) is 9.59 Å². The number of nitrogens with zero attached hydrogens (tertiary/aromatic N) is 1. The molecule has 1 atom stereocenters. The normalized spacial score (nSPS) is 12.0. The maximum Gasteiger partial charge on any atom is 0.253 e. The van der Waals surface area contributed by atoms with Crippen LogP contribution >= 0.6 is 11.8 Å². The van der Waals surface area contributed by atoms with Gasteiger partial charge in [-0.2, -0.15) is 0 Å². The second kappa shape index (κ2) is 7.40.